The van der Waals surface area contributed by atoms with Gasteiger partial charge in [-0.15, -0.1) is 0 Å². The van der Waals surface area contributed by atoms with Crippen molar-refractivity contribution in [3.8, 4) is 66.8 Å². The molecule has 1 aliphatic carbocycles. The van der Waals surface area contributed by atoms with E-state index in [4.69, 9.17) is 0 Å². The molecule has 1 heteroatoms. The Balaban J connectivity index is 1.15. The fourth-order valence-electron chi connectivity index (χ4n) is 9.85. The Morgan fingerprint density at radius 2 is 0.823 bits per heavy atom. The SMILES string of the molecule is CC1(C)c2ccccc2-c2c(-c3cccc(N(c4ccc(-c5ccc6ccccc6c5)cc4)c4cccc(-c5ccccc5)c4-c4ccccc4-c4ccccc4)c3)cccc21. The molecule has 0 saturated heterocycles. The molecular formula is C61H45N. The molecule has 1 aliphatic rings. The third-order valence-electron chi connectivity index (χ3n) is 12.9. The van der Waals surface area contributed by atoms with Crippen LogP contribution in [0.1, 0.15) is 25.0 Å². The molecule has 0 aromatic heterocycles. The normalized spacial score (nSPS) is 12.5. The molecule has 10 aromatic carbocycles. The summed E-state index contributed by atoms with van der Waals surface area (Å²) in [5.74, 6) is 0. The maximum Gasteiger partial charge on any atom is 0.0546 e. The Bertz CT molecular complexity index is 3250. The molecule has 62 heavy (non-hydrogen) atoms. The van der Waals surface area contributed by atoms with E-state index in [0.29, 0.717) is 0 Å². The van der Waals surface area contributed by atoms with Crippen LogP contribution in [0.5, 0.6) is 0 Å². The van der Waals surface area contributed by atoms with Crippen LogP contribution < -0.4 is 4.90 Å². The maximum absolute atomic E-state index is 2.47. The fourth-order valence-corrected chi connectivity index (χ4v) is 9.85. The van der Waals surface area contributed by atoms with Crippen molar-refractivity contribution in [2.45, 2.75) is 19.3 Å². The highest BCUT2D eigenvalue weighted by Crippen LogP contribution is 2.53. The second-order valence-corrected chi connectivity index (χ2v) is 16.9. The van der Waals surface area contributed by atoms with Crippen molar-refractivity contribution in [3.05, 3.63) is 248 Å². The highest BCUT2D eigenvalue weighted by atomic mass is 15.1. The predicted molar refractivity (Wildman–Crippen MR) is 263 cm³/mol. The van der Waals surface area contributed by atoms with Gasteiger partial charge < -0.3 is 4.90 Å². The van der Waals surface area contributed by atoms with Crippen LogP contribution in [-0.2, 0) is 5.41 Å². The van der Waals surface area contributed by atoms with Crippen molar-refractivity contribution in [2.75, 3.05) is 4.90 Å². The molecule has 0 heterocycles. The fraction of sp³-hybridized carbons (Fsp3) is 0.0492. The standard InChI is InChI=1S/C61H45N/c1-61(2)56-31-14-13-28-55(56)59-53(29-16-32-57(59)61)48-24-15-25-50(41-48)62(49-38-36-43(37-39-49)47-35-34-42-18-9-10-23-46(42)40-47)58-33-17-30-52(45-21-7-4-8-22-45)60(58)54-27-12-11-26-51(54)44-19-5-3-6-20-44/h3-41H,1-2H3. The lowest BCUT2D eigenvalue weighted by Gasteiger charge is -2.30. The van der Waals surface area contributed by atoms with Crippen LogP contribution in [0, 0.1) is 0 Å². The van der Waals surface area contributed by atoms with E-state index in [9.17, 15) is 0 Å². The lowest BCUT2D eigenvalue weighted by atomic mass is 9.82. The Morgan fingerprint density at radius 3 is 1.58 bits per heavy atom. The summed E-state index contributed by atoms with van der Waals surface area (Å²) in [6.07, 6.45) is 0. The van der Waals surface area contributed by atoms with Gasteiger partial charge in [0, 0.05) is 22.4 Å². The van der Waals surface area contributed by atoms with E-state index in [1.165, 1.54) is 88.7 Å². The molecule has 0 N–H and O–H groups in total. The number of nitrogens with zero attached hydrogens (tertiary/aromatic N) is 1. The molecule has 1 nitrogen and oxygen atoms in total. The summed E-state index contributed by atoms with van der Waals surface area (Å²) < 4.78 is 0. The van der Waals surface area contributed by atoms with E-state index in [1.807, 2.05) is 0 Å². The van der Waals surface area contributed by atoms with Crippen molar-refractivity contribution >= 4 is 27.8 Å². The molecule has 0 aliphatic heterocycles. The minimum atomic E-state index is -0.0860. The van der Waals surface area contributed by atoms with E-state index < -0.39 is 0 Å². The minimum Gasteiger partial charge on any atom is -0.310 e. The first-order valence-corrected chi connectivity index (χ1v) is 21.6. The molecule has 294 valence electrons. The summed E-state index contributed by atoms with van der Waals surface area (Å²) in [4.78, 5) is 2.47. The maximum atomic E-state index is 2.47. The highest BCUT2D eigenvalue weighted by Gasteiger charge is 2.36. The van der Waals surface area contributed by atoms with Crippen molar-refractivity contribution in [3.63, 3.8) is 0 Å². The summed E-state index contributed by atoms with van der Waals surface area (Å²) in [7, 11) is 0. The van der Waals surface area contributed by atoms with Gasteiger partial charge in [-0.2, -0.15) is 0 Å². The van der Waals surface area contributed by atoms with Crippen LogP contribution in [0.3, 0.4) is 0 Å². The van der Waals surface area contributed by atoms with E-state index in [0.717, 1.165) is 17.1 Å². The molecule has 0 spiro atoms. The van der Waals surface area contributed by atoms with Gasteiger partial charge in [-0.25, -0.2) is 0 Å². The third kappa shape index (κ3) is 6.42. The van der Waals surface area contributed by atoms with E-state index >= 15 is 0 Å². The number of rotatable bonds is 8. The smallest absolute Gasteiger partial charge is 0.0546 e. The molecular weight excluding hydrogens is 747 g/mol. The van der Waals surface area contributed by atoms with Gasteiger partial charge in [0.25, 0.3) is 0 Å². The quantitative estimate of drug-likeness (QED) is 0.148. The Labute approximate surface area is 364 Å². The van der Waals surface area contributed by atoms with Crippen molar-refractivity contribution in [2.24, 2.45) is 0 Å². The molecule has 0 bridgehead atoms. The van der Waals surface area contributed by atoms with Gasteiger partial charge in [-0.1, -0.05) is 214 Å². The average molecular weight is 792 g/mol. The van der Waals surface area contributed by atoms with Crippen LogP contribution in [0.25, 0.3) is 77.5 Å². The first kappa shape index (κ1) is 37.3. The topological polar surface area (TPSA) is 3.24 Å². The Hall–Kier alpha value is -7.74. The molecule has 0 amide bonds. The van der Waals surface area contributed by atoms with Crippen molar-refractivity contribution < 1.29 is 0 Å². The summed E-state index contributed by atoms with van der Waals surface area (Å²) in [5, 5.41) is 2.49. The van der Waals surface area contributed by atoms with E-state index in [1.54, 1.807) is 0 Å². The molecule has 0 unspecified atom stereocenters. The van der Waals surface area contributed by atoms with Crippen molar-refractivity contribution in [1.29, 1.82) is 0 Å². The van der Waals surface area contributed by atoms with Crippen LogP contribution in [0.15, 0.2) is 237 Å². The monoisotopic (exact) mass is 791 g/mol. The van der Waals surface area contributed by atoms with Gasteiger partial charge in [0.2, 0.25) is 0 Å². The molecule has 10 aromatic rings. The zero-order valence-corrected chi connectivity index (χ0v) is 35.0. The molecule has 0 atom stereocenters. The second kappa shape index (κ2) is 15.4. The summed E-state index contributed by atoms with van der Waals surface area (Å²) in [5.41, 5.74) is 20.5. The van der Waals surface area contributed by atoms with Crippen LogP contribution in [0.4, 0.5) is 17.1 Å². The average Bonchev–Trinajstić information content (AvgIpc) is 3.58. The van der Waals surface area contributed by atoms with Crippen molar-refractivity contribution in [1.82, 2.24) is 0 Å². The van der Waals surface area contributed by atoms with Gasteiger partial charge in [-0.05, 0) is 119 Å². The zero-order valence-electron chi connectivity index (χ0n) is 35.0. The second-order valence-electron chi connectivity index (χ2n) is 16.9. The van der Waals surface area contributed by atoms with Gasteiger partial charge in [0.1, 0.15) is 0 Å². The molecule has 0 radical (unpaired) electrons. The number of anilines is 3. The zero-order chi connectivity index (χ0) is 41.6. The van der Waals surface area contributed by atoms with Crippen LogP contribution >= 0.6 is 0 Å². The molecule has 0 saturated carbocycles. The highest BCUT2D eigenvalue weighted by molar-refractivity contribution is 6.02. The summed E-state index contributed by atoms with van der Waals surface area (Å²) in [6.45, 7) is 4.71. The first-order valence-electron chi connectivity index (χ1n) is 21.6. The Morgan fingerprint density at radius 1 is 0.290 bits per heavy atom. The van der Waals surface area contributed by atoms with Crippen LogP contribution in [-0.4, -0.2) is 0 Å². The van der Waals surface area contributed by atoms with Gasteiger partial charge in [0.05, 0.1) is 5.69 Å². The van der Waals surface area contributed by atoms with Gasteiger partial charge in [-0.3, -0.25) is 0 Å². The lowest BCUT2D eigenvalue weighted by Crippen LogP contribution is -2.14. The van der Waals surface area contributed by atoms with Gasteiger partial charge >= 0.3 is 0 Å². The van der Waals surface area contributed by atoms with Gasteiger partial charge in [0.15, 0.2) is 0 Å². The Kier molecular flexibility index (Phi) is 9.24. The first-order chi connectivity index (χ1) is 30.5. The van der Waals surface area contributed by atoms with E-state index in [-0.39, 0.29) is 5.41 Å². The largest absolute Gasteiger partial charge is 0.310 e. The molecule has 11 rings (SSSR count). The summed E-state index contributed by atoms with van der Waals surface area (Å²) >= 11 is 0. The minimum absolute atomic E-state index is 0.0860. The lowest BCUT2D eigenvalue weighted by molar-refractivity contribution is 0.660. The molecule has 0 fully saturated rings. The number of benzene rings is 10. The summed E-state index contributed by atoms with van der Waals surface area (Å²) in [6, 6.07) is 86.7. The number of fused-ring (bicyclic) bond motifs is 4. The predicted octanol–water partition coefficient (Wildman–Crippen LogP) is 17.0. The number of hydrogen-bond donors (Lipinski definition) is 0. The van der Waals surface area contributed by atoms with Crippen LogP contribution in [0.2, 0.25) is 0 Å². The number of hydrogen-bond acceptors (Lipinski definition) is 1. The third-order valence-corrected chi connectivity index (χ3v) is 12.9. The van der Waals surface area contributed by atoms with E-state index in [2.05, 4.69) is 255 Å².